The van der Waals surface area contributed by atoms with Gasteiger partial charge >= 0.3 is 6.01 Å². The van der Waals surface area contributed by atoms with Crippen molar-refractivity contribution in [1.29, 1.82) is 5.26 Å². The molecule has 3 atom stereocenters. The smallest absolute Gasteiger partial charge is 0.318 e. The van der Waals surface area contributed by atoms with Gasteiger partial charge in [-0.05, 0) is 50.3 Å². The van der Waals surface area contributed by atoms with Gasteiger partial charge in [0, 0.05) is 36.2 Å². The number of nitriles is 1. The number of nitrogen functional groups attached to an aromatic ring is 1. The number of anilines is 2. The lowest BCUT2D eigenvalue weighted by atomic mass is 9.72. The highest BCUT2D eigenvalue weighted by molar-refractivity contribution is 5.63. The third-order valence-electron chi connectivity index (χ3n) is 9.09. The second-order valence-corrected chi connectivity index (χ2v) is 11.5. The molecule has 1 aromatic carbocycles. The van der Waals surface area contributed by atoms with E-state index in [2.05, 4.69) is 21.3 Å². The van der Waals surface area contributed by atoms with Gasteiger partial charge in [-0.2, -0.15) is 15.2 Å². The molecule has 11 heteroatoms. The van der Waals surface area contributed by atoms with Crippen LogP contribution in [0.4, 0.5) is 15.9 Å². The number of fused-ring (bicyclic) bond motifs is 4. The second kappa shape index (κ2) is 9.71. The largest absolute Gasteiger partial charge is 0.461 e. The number of halogens is 1. The molecular formula is C29H32FN7O3. The Balaban J connectivity index is 1.24. The van der Waals surface area contributed by atoms with Crippen molar-refractivity contribution in [2.75, 3.05) is 30.7 Å². The average Bonchev–Trinajstić information content (AvgIpc) is 3.67. The van der Waals surface area contributed by atoms with Gasteiger partial charge in [0.25, 0.3) is 0 Å². The SMILES string of the molecule is N#Cc1c(N)ccc2c1C1(CCC2)Cc2nc(OCC34CCCN3CC(F)C4)nc(NCc3cocn3)c2CO1. The summed E-state index contributed by atoms with van der Waals surface area (Å²) in [6, 6.07) is 6.40. The number of nitrogens with one attached hydrogen (secondary N) is 1. The standard InChI is InChI=1S/C29H32FN7O3/c30-19-9-28(6-2-8-37(28)13-19)16-39-27-35-24-10-29(7-1-3-18-4-5-23(32)21(11-31)25(18)29)40-15-22(24)26(36-27)33-12-20-14-38-17-34-20/h4-5,14,17,19H,1-3,6-10,12-13,15-16,32H2,(H,33,35,36). The van der Waals surface area contributed by atoms with E-state index in [1.54, 1.807) is 6.26 Å². The molecule has 0 amide bonds. The van der Waals surface area contributed by atoms with Crippen LogP contribution in [0.25, 0.3) is 0 Å². The minimum absolute atomic E-state index is 0.256. The van der Waals surface area contributed by atoms with E-state index in [0.29, 0.717) is 49.6 Å². The minimum atomic E-state index is -0.835. The van der Waals surface area contributed by atoms with Crippen LogP contribution in [0.2, 0.25) is 0 Å². The monoisotopic (exact) mass is 545 g/mol. The van der Waals surface area contributed by atoms with Crippen LogP contribution in [0.5, 0.6) is 6.01 Å². The maximum Gasteiger partial charge on any atom is 0.318 e. The highest BCUT2D eigenvalue weighted by Gasteiger charge is 2.50. The van der Waals surface area contributed by atoms with Gasteiger partial charge in [0.15, 0.2) is 6.39 Å². The normalized spacial score (nSPS) is 27.1. The van der Waals surface area contributed by atoms with Gasteiger partial charge in [-0.15, -0.1) is 0 Å². The molecule has 3 aromatic rings. The summed E-state index contributed by atoms with van der Waals surface area (Å²) in [4.78, 5) is 16.0. The third kappa shape index (κ3) is 4.17. The molecule has 1 aliphatic carbocycles. The molecule has 0 saturated carbocycles. The first kappa shape index (κ1) is 25.2. The summed E-state index contributed by atoms with van der Waals surface area (Å²) >= 11 is 0. The molecule has 3 aliphatic heterocycles. The Labute approximate surface area is 231 Å². The van der Waals surface area contributed by atoms with Crippen molar-refractivity contribution in [2.45, 2.75) is 75.4 Å². The molecule has 7 rings (SSSR count). The van der Waals surface area contributed by atoms with E-state index in [0.717, 1.165) is 66.7 Å². The first-order chi connectivity index (χ1) is 19.5. The summed E-state index contributed by atoms with van der Waals surface area (Å²) in [6.07, 6.45) is 7.59. The molecule has 10 nitrogen and oxygen atoms in total. The minimum Gasteiger partial charge on any atom is -0.461 e. The van der Waals surface area contributed by atoms with E-state index in [9.17, 15) is 9.65 Å². The molecule has 0 radical (unpaired) electrons. The predicted octanol–water partition coefficient (Wildman–Crippen LogP) is 3.79. The van der Waals surface area contributed by atoms with Crippen LogP contribution in [0.3, 0.4) is 0 Å². The summed E-state index contributed by atoms with van der Waals surface area (Å²) in [5.41, 5.74) is 10.6. The van der Waals surface area contributed by atoms with Crippen LogP contribution in [-0.4, -0.2) is 51.3 Å². The van der Waals surface area contributed by atoms with Crippen molar-refractivity contribution in [3.8, 4) is 12.1 Å². The maximum atomic E-state index is 14.4. The molecule has 1 spiro atoms. The maximum absolute atomic E-state index is 14.4. The number of alkyl halides is 1. The average molecular weight is 546 g/mol. The van der Waals surface area contributed by atoms with Crippen LogP contribution in [0.15, 0.2) is 29.2 Å². The van der Waals surface area contributed by atoms with E-state index in [1.807, 2.05) is 12.1 Å². The van der Waals surface area contributed by atoms with Gasteiger partial charge in [0.2, 0.25) is 0 Å². The van der Waals surface area contributed by atoms with Crippen molar-refractivity contribution in [1.82, 2.24) is 19.9 Å². The highest BCUT2D eigenvalue weighted by Crippen LogP contribution is 2.48. The molecule has 5 heterocycles. The second-order valence-electron chi connectivity index (χ2n) is 11.5. The molecule has 3 unspecified atom stereocenters. The number of hydrogen-bond acceptors (Lipinski definition) is 10. The number of aromatic nitrogens is 3. The van der Waals surface area contributed by atoms with Crippen LogP contribution in [-0.2, 0) is 36.3 Å². The van der Waals surface area contributed by atoms with E-state index in [4.69, 9.17) is 29.6 Å². The Bertz CT molecular complexity index is 1480. The van der Waals surface area contributed by atoms with Crippen molar-refractivity contribution >= 4 is 11.5 Å². The fourth-order valence-corrected chi connectivity index (χ4v) is 7.22. The molecular weight excluding hydrogens is 513 g/mol. The first-order valence-electron chi connectivity index (χ1n) is 14.0. The lowest BCUT2D eigenvalue weighted by Gasteiger charge is -2.43. The van der Waals surface area contributed by atoms with Gasteiger partial charge < -0.3 is 24.9 Å². The molecule has 4 aliphatic rings. The van der Waals surface area contributed by atoms with Gasteiger partial charge in [0.1, 0.15) is 36.5 Å². The van der Waals surface area contributed by atoms with Crippen molar-refractivity contribution in [2.24, 2.45) is 0 Å². The molecule has 2 fully saturated rings. The van der Waals surface area contributed by atoms with Crippen LogP contribution in [0, 0.1) is 11.3 Å². The highest BCUT2D eigenvalue weighted by atomic mass is 19.1. The Morgan fingerprint density at radius 2 is 2.20 bits per heavy atom. The van der Waals surface area contributed by atoms with Gasteiger partial charge in [0.05, 0.1) is 35.6 Å². The molecule has 40 heavy (non-hydrogen) atoms. The Morgan fingerprint density at radius 1 is 1.27 bits per heavy atom. The first-order valence-corrected chi connectivity index (χ1v) is 14.0. The van der Waals surface area contributed by atoms with Crippen LogP contribution < -0.4 is 15.8 Å². The third-order valence-corrected chi connectivity index (χ3v) is 9.09. The van der Waals surface area contributed by atoms with Crippen molar-refractivity contribution in [3.05, 3.63) is 58.4 Å². The molecule has 0 bridgehead atoms. The molecule has 2 aromatic heterocycles. The van der Waals surface area contributed by atoms with Crippen molar-refractivity contribution < 1.29 is 18.3 Å². The zero-order valence-corrected chi connectivity index (χ0v) is 22.3. The summed E-state index contributed by atoms with van der Waals surface area (Å²) < 4.78 is 32.4. The summed E-state index contributed by atoms with van der Waals surface area (Å²) in [6.45, 7) is 2.38. The van der Waals surface area contributed by atoms with E-state index >= 15 is 0 Å². The number of nitrogens with two attached hydrogens (primary N) is 1. The fourth-order valence-electron chi connectivity index (χ4n) is 7.22. The van der Waals surface area contributed by atoms with Crippen LogP contribution >= 0.6 is 0 Å². The van der Waals surface area contributed by atoms with Gasteiger partial charge in [-0.25, -0.2) is 9.37 Å². The number of benzene rings is 1. The number of hydrogen-bond donors (Lipinski definition) is 2. The van der Waals surface area contributed by atoms with Crippen molar-refractivity contribution in [3.63, 3.8) is 0 Å². The number of ether oxygens (including phenoxy) is 2. The fraction of sp³-hybridized carbons (Fsp3) is 0.517. The van der Waals surface area contributed by atoms with E-state index in [1.165, 1.54) is 6.39 Å². The quantitative estimate of drug-likeness (QED) is 0.440. The molecule has 208 valence electrons. The Morgan fingerprint density at radius 3 is 3.05 bits per heavy atom. The number of oxazole rings is 1. The van der Waals surface area contributed by atoms with Gasteiger partial charge in [-0.3, -0.25) is 4.90 Å². The summed E-state index contributed by atoms with van der Waals surface area (Å²) in [7, 11) is 0. The lowest BCUT2D eigenvalue weighted by molar-refractivity contribution is -0.0856. The zero-order chi connectivity index (χ0) is 27.3. The van der Waals surface area contributed by atoms with E-state index < -0.39 is 11.8 Å². The Kier molecular flexibility index (Phi) is 6.13. The van der Waals surface area contributed by atoms with Crippen LogP contribution in [0.1, 0.15) is 65.7 Å². The van der Waals surface area contributed by atoms with E-state index in [-0.39, 0.29) is 18.2 Å². The number of rotatable bonds is 6. The topological polar surface area (TPSA) is 135 Å². The zero-order valence-electron chi connectivity index (χ0n) is 22.3. The van der Waals surface area contributed by atoms with Gasteiger partial charge in [-0.1, -0.05) is 6.07 Å². The number of aryl methyl sites for hydroxylation is 1. The summed E-state index contributed by atoms with van der Waals surface area (Å²) in [5.74, 6) is 0.609. The predicted molar refractivity (Wildman–Crippen MR) is 143 cm³/mol. The number of nitrogens with zero attached hydrogens (tertiary/aromatic N) is 5. The summed E-state index contributed by atoms with van der Waals surface area (Å²) in [5, 5.41) is 13.4. The molecule has 2 saturated heterocycles. The molecule has 3 N–H and O–H groups in total. The Hall–Kier alpha value is -3.75. The lowest BCUT2D eigenvalue weighted by Crippen LogP contribution is -2.44.